The van der Waals surface area contributed by atoms with E-state index in [0.29, 0.717) is 44.8 Å². The van der Waals surface area contributed by atoms with Crippen LogP contribution in [-0.2, 0) is 17.8 Å². The summed E-state index contributed by atoms with van der Waals surface area (Å²) in [6, 6.07) is 2.98. The van der Waals surface area contributed by atoms with Crippen LogP contribution >= 0.6 is 0 Å². The lowest BCUT2D eigenvalue weighted by atomic mass is 9.82. The minimum atomic E-state index is 0.0496. The average Bonchev–Trinajstić information content (AvgIpc) is 3.62. The molecule has 1 aromatic rings. The molecule has 2 aliphatic carbocycles. The van der Waals surface area contributed by atoms with Gasteiger partial charge in [-0.2, -0.15) is 5.26 Å². The van der Waals surface area contributed by atoms with Gasteiger partial charge in [0.25, 0.3) is 0 Å². The number of hydrogen-bond donors (Lipinski definition) is 1. The summed E-state index contributed by atoms with van der Waals surface area (Å²) in [7, 11) is 0. The number of anilines is 1. The highest BCUT2D eigenvalue weighted by Gasteiger charge is 2.34. The number of ether oxygens (including phenoxy) is 1. The zero-order chi connectivity index (χ0) is 21.4. The molecule has 7 heteroatoms. The largest absolute Gasteiger partial charge is 0.376 e. The molecule has 0 spiro atoms. The van der Waals surface area contributed by atoms with E-state index in [1.54, 1.807) is 0 Å². The third kappa shape index (κ3) is 4.10. The highest BCUT2D eigenvalue weighted by molar-refractivity contribution is 5.75. The molecule has 0 bridgehead atoms. The van der Waals surface area contributed by atoms with Gasteiger partial charge in [0.1, 0.15) is 11.9 Å². The van der Waals surface area contributed by atoms with Crippen molar-refractivity contribution in [3.63, 3.8) is 0 Å². The first-order valence-electron chi connectivity index (χ1n) is 12.0. The van der Waals surface area contributed by atoms with E-state index in [9.17, 15) is 10.1 Å². The first-order valence-corrected chi connectivity index (χ1v) is 12.0. The third-order valence-electron chi connectivity index (χ3n) is 7.36. The van der Waals surface area contributed by atoms with Crippen molar-refractivity contribution < 1.29 is 9.53 Å². The van der Waals surface area contributed by atoms with E-state index in [-0.39, 0.29) is 12.1 Å². The number of hydrogen-bond acceptors (Lipinski definition) is 5. The lowest BCUT2D eigenvalue weighted by molar-refractivity contribution is 0.109. The summed E-state index contributed by atoms with van der Waals surface area (Å²) in [5.74, 6) is 1.30. The zero-order valence-electron chi connectivity index (χ0n) is 18.5. The maximum Gasteiger partial charge on any atom is 0.317 e. The minimum Gasteiger partial charge on any atom is -0.376 e. The van der Waals surface area contributed by atoms with Crippen LogP contribution in [0.15, 0.2) is 0 Å². The molecule has 4 aliphatic rings. The second-order valence-corrected chi connectivity index (χ2v) is 9.61. The topological polar surface area (TPSA) is 81.5 Å². The Balaban J connectivity index is 1.44. The van der Waals surface area contributed by atoms with Gasteiger partial charge in [0.2, 0.25) is 0 Å². The molecule has 0 radical (unpaired) electrons. The Bertz CT molecular complexity index is 885. The highest BCUT2D eigenvalue weighted by Crippen LogP contribution is 2.39. The van der Waals surface area contributed by atoms with Crippen molar-refractivity contribution in [2.45, 2.75) is 82.9 Å². The molecule has 5 rings (SSSR count). The van der Waals surface area contributed by atoms with Crippen LogP contribution < -0.4 is 10.2 Å². The van der Waals surface area contributed by atoms with Crippen LogP contribution in [0, 0.1) is 11.3 Å². The summed E-state index contributed by atoms with van der Waals surface area (Å²) in [4.78, 5) is 21.9. The Hall–Kier alpha value is -2.33. The molecule has 1 atom stereocenters. The first kappa shape index (κ1) is 20.6. The Morgan fingerprint density at radius 1 is 1.16 bits per heavy atom. The van der Waals surface area contributed by atoms with Crippen LogP contribution in [0.2, 0.25) is 0 Å². The second kappa shape index (κ2) is 8.66. The fourth-order valence-electron chi connectivity index (χ4n) is 5.46. The average molecular weight is 424 g/mol. The number of nitriles is 1. The Labute approximate surface area is 184 Å². The van der Waals surface area contributed by atoms with Gasteiger partial charge in [0, 0.05) is 43.2 Å². The number of piperazine rings is 1. The molecule has 1 unspecified atom stereocenters. The van der Waals surface area contributed by atoms with Crippen molar-refractivity contribution in [3.8, 4) is 6.07 Å². The van der Waals surface area contributed by atoms with Gasteiger partial charge in [-0.25, -0.2) is 9.78 Å². The maximum absolute atomic E-state index is 12.6. The van der Waals surface area contributed by atoms with Crippen LogP contribution in [-0.4, -0.2) is 54.2 Å². The monoisotopic (exact) mass is 423 g/mol. The fraction of sp³-hybridized carbons (Fsp3) is 0.708. The number of carbonyl (C=O) groups is 1. The number of carbonyl (C=O) groups excluding carboxylic acids is 1. The SMILES string of the molecule is CC1CN(c2nc(C3CCCCC3)c3c(c2C#N)CCOC3)CCN1C(=O)NC1CC1. The molecule has 1 N–H and O–H groups in total. The van der Waals surface area contributed by atoms with Crippen LogP contribution in [0.3, 0.4) is 0 Å². The summed E-state index contributed by atoms with van der Waals surface area (Å²) < 4.78 is 5.79. The van der Waals surface area contributed by atoms with E-state index < -0.39 is 0 Å². The Morgan fingerprint density at radius 2 is 1.97 bits per heavy atom. The van der Waals surface area contributed by atoms with Gasteiger partial charge in [0.05, 0.1) is 24.5 Å². The van der Waals surface area contributed by atoms with E-state index in [1.165, 1.54) is 43.4 Å². The molecule has 7 nitrogen and oxygen atoms in total. The molecule has 3 fully saturated rings. The molecule has 2 saturated carbocycles. The number of nitrogens with zero attached hydrogens (tertiary/aromatic N) is 4. The minimum absolute atomic E-state index is 0.0496. The summed E-state index contributed by atoms with van der Waals surface area (Å²) in [5.41, 5.74) is 4.22. The van der Waals surface area contributed by atoms with Crippen molar-refractivity contribution in [1.82, 2.24) is 15.2 Å². The van der Waals surface area contributed by atoms with Gasteiger partial charge in [-0.3, -0.25) is 0 Å². The van der Waals surface area contributed by atoms with Gasteiger partial charge in [-0.05, 0) is 44.6 Å². The smallest absolute Gasteiger partial charge is 0.317 e. The van der Waals surface area contributed by atoms with Crippen molar-refractivity contribution in [1.29, 1.82) is 5.26 Å². The molecule has 2 aliphatic heterocycles. The number of nitrogens with one attached hydrogen (secondary N) is 1. The first-order chi connectivity index (χ1) is 15.2. The summed E-state index contributed by atoms with van der Waals surface area (Å²) >= 11 is 0. The van der Waals surface area contributed by atoms with Crippen LogP contribution in [0.4, 0.5) is 10.6 Å². The van der Waals surface area contributed by atoms with Gasteiger partial charge in [0.15, 0.2) is 0 Å². The van der Waals surface area contributed by atoms with Gasteiger partial charge in [-0.15, -0.1) is 0 Å². The quantitative estimate of drug-likeness (QED) is 0.805. The van der Waals surface area contributed by atoms with Crippen molar-refractivity contribution in [2.24, 2.45) is 0 Å². The van der Waals surface area contributed by atoms with E-state index in [1.807, 2.05) is 4.90 Å². The highest BCUT2D eigenvalue weighted by atomic mass is 16.5. The van der Waals surface area contributed by atoms with Crippen molar-refractivity contribution in [3.05, 3.63) is 22.4 Å². The molecule has 0 aromatic carbocycles. The number of aromatic nitrogens is 1. The summed E-state index contributed by atoms with van der Waals surface area (Å²) in [5, 5.41) is 13.2. The van der Waals surface area contributed by atoms with E-state index >= 15 is 0 Å². The number of urea groups is 1. The standard InChI is InChI=1S/C24H33N5O2/c1-16-14-28(10-11-29(16)24(30)26-18-7-8-18)23-20(13-25)19-9-12-31-15-21(19)22(27-23)17-5-3-2-4-6-17/h16-18H,2-12,14-15H2,1H3,(H,26,30). The number of pyridine rings is 1. The van der Waals surface area contributed by atoms with Crippen molar-refractivity contribution in [2.75, 3.05) is 31.1 Å². The molecule has 2 amide bonds. The summed E-state index contributed by atoms with van der Waals surface area (Å²) in [6.07, 6.45) is 9.14. The van der Waals surface area contributed by atoms with Gasteiger partial charge in [-0.1, -0.05) is 19.3 Å². The zero-order valence-corrected chi connectivity index (χ0v) is 18.5. The van der Waals surface area contributed by atoms with E-state index in [0.717, 1.165) is 36.2 Å². The van der Waals surface area contributed by atoms with Gasteiger partial charge >= 0.3 is 6.03 Å². The predicted molar refractivity (Wildman–Crippen MR) is 118 cm³/mol. The van der Waals surface area contributed by atoms with Crippen LogP contribution in [0.25, 0.3) is 0 Å². The van der Waals surface area contributed by atoms with E-state index in [2.05, 4.69) is 23.2 Å². The van der Waals surface area contributed by atoms with Crippen molar-refractivity contribution >= 4 is 11.8 Å². The van der Waals surface area contributed by atoms with Crippen LogP contribution in [0.1, 0.15) is 80.2 Å². The van der Waals surface area contributed by atoms with Crippen LogP contribution in [0.5, 0.6) is 0 Å². The number of rotatable bonds is 3. The normalized spacial score (nSPS) is 24.5. The molecule has 166 valence electrons. The number of amides is 2. The second-order valence-electron chi connectivity index (χ2n) is 9.61. The molecular weight excluding hydrogens is 390 g/mol. The molecule has 3 heterocycles. The Kier molecular flexibility index (Phi) is 5.75. The molecule has 1 saturated heterocycles. The number of fused-ring (bicyclic) bond motifs is 1. The maximum atomic E-state index is 12.6. The fourth-order valence-corrected chi connectivity index (χ4v) is 5.46. The lowest BCUT2D eigenvalue weighted by Gasteiger charge is -2.41. The predicted octanol–water partition coefficient (Wildman–Crippen LogP) is 3.46. The molecule has 31 heavy (non-hydrogen) atoms. The molecule has 1 aromatic heterocycles. The molecular formula is C24H33N5O2. The lowest BCUT2D eigenvalue weighted by Crippen LogP contribution is -2.57. The summed E-state index contributed by atoms with van der Waals surface area (Å²) in [6.45, 7) is 5.42. The Morgan fingerprint density at radius 3 is 2.68 bits per heavy atom. The third-order valence-corrected chi connectivity index (χ3v) is 7.36. The van der Waals surface area contributed by atoms with E-state index in [4.69, 9.17) is 9.72 Å². The van der Waals surface area contributed by atoms with Gasteiger partial charge < -0.3 is 19.9 Å².